The summed E-state index contributed by atoms with van der Waals surface area (Å²) < 4.78 is 5.06. The molecule has 2 aliphatic rings. The summed E-state index contributed by atoms with van der Waals surface area (Å²) in [6, 6.07) is 13.2. The fraction of sp³-hybridized carbons (Fsp3) is 0.174. The number of carbonyl (C=O) groups is 4. The third-order valence-electron chi connectivity index (χ3n) is 5.21. The molecule has 0 saturated carbocycles. The minimum absolute atomic E-state index is 0.244. The van der Waals surface area contributed by atoms with Gasteiger partial charge in [-0.25, -0.2) is 4.79 Å². The van der Waals surface area contributed by atoms with Crippen LogP contribution in [0.2, 0.25) is 0 Å². The standard InChI is InChI=1S/C23H19N3O5S2/c1-3-25-21(29)19(33-23(25)32)18-15-6-4-5-7-16(15)26(20(18)28)12-17(27)24-14-10-8-13(9-11-14)22(30)31-2/h4-11H,3,12H2,1-2H3,(H,24,27). The summed E-state index contributed by atoms with van der Waals surface area (Å²) >= 11 is 6.39. The van der Waals surface area contributed by atoms with E-state index in [4.69, 9.17) is 12.2 Å². The Labute approximate surface area is 199 Å². The first-order valence-corrected chi connectivity index (χ1v) is 11.3. The normalized spacial score (nSPS) is 17.5. The molecule has 1 N–H and O–H groups in total. The molecule has 3 amide bonds. The molecule has 4 rings (SSSR count). The Morgan fingerprint density at radius 3 is 2.36 bits per heavy atom. The van der Waals surface area contributed by atoms with Crippen molar-refractivity contribution in [3.63, 3.8) is 0 Å². The van der Waals surface area contributed by atoms with E-state index >= 15 is 0 Å². The Kier molecular flexibility index (Phi) is 6.30. The highest BCUT2D eigenvalue weighted by atomic mass is 32.2. The molecule has 2 heterocycles. The number of rotatable bonds is 5. The van der Waals surface area contributed by atoms with E-state index in [-0.39, 0.29) is 22.9 Å². The van der Waals surface area contributed by atoms with Crippen LogP contribution in [0, 0.1) is 0 Å². The molecule has 0 bridgehead atoms. The average molecular weight is 482 g/mol. The molecule has 0 aromatic heterocycles. The average Bonchev–Trinajstić information content (AvgIpc) is 3.25. The van der Waals surface area contributed by atoms with Crippen molar-refractivity contribution in [1.29, 1.82) is 0 Å². The number of anilines is 2. The zero-order chi connectivity index (χ0) is 23.7. The lowest BCUT2D eigenvalue weighted by Crippen LogP contribution is -2.35. The molecule has 2 aromatic rings. The molecule has 0 radical (unpaired) electrons. The summed E-state index contributed by atoms with van der Waals surface area (Å²) in [4.78, 5) is 53.5. The predicted molar refractivity (Wildman–Crippen MR) is 130 cm³/mol. The third-order valence-corrected chi connectivity index (χ3v) is 6.66. The fourth-order valence-electron chi connectivity index (χ4n) is 3.63. The molecule has 10 heteroatoms. The number of thioether (sulfide) groups is 1. The molecular formula is C23H19N3O5S2. The molecule has 0 unspecified atom stereocenters. The fourth-order valence-corrected chi connectivity index (χ4v) is 5.09. The molecule has 33 heavy (non-hydrogen) atoms. The van der Waals surface area contributed by atoms with Gasteiger partial charge in [0.15, 0.2) is 0 Å². The molecular weight excluding hydrogens is 462 g/mol. The number of amides is 3. The number of benzene rings is 2. The van der Waals surface area contributed by atoms with Gasteiger partial charge in [-0.1, -0.05) is 42.2 Å². The summed E-state index contributed by atoms with van der Waals surface area (Å²) in [5, 5.41) is 2.72. The van der Waals surface area contributed by atoms with Gasteiger partial charge < -0.3 is 10.1 Å². The van der Waals surface area contributed by atoms with E-state index in [1.165, 1.54) is 29.0 Å². The van der Waals surface area contributed by atoms with Crippen LogP contribution >= 0.6 is 24.0 Å². The van der Waals surface area contributed by atoms with Gasteiger partial charge in [-0.15, -0.1) is 0 Å². The Bertz CT molecular complexity index is 1220. The summed E-state index contributed by atoms with van der Waals surface area (Å²) in [5.74, 6) is -1.63. The van der Waals surface area contributed by atoms with Gasteiger partial charge in [0.05, 0.1) is 28.8 Å². The van der Waals surface area contributed by atoms with E-state index in [9.17, 15) is 19.2 Å². The van der Waals surface area contributed by atoms with Crippen molar-refractivity contribution in [2.45, 2.75) is 6.92 Å². The number of fused-ring (bicyclic) bond motifs is 1. The number of hydrogen-bond acceptors (Lipinski definition) is 7. The molecule has 1 fully saturated rings. The maximum absolute atomic E-state index is 13.3. The van der Waals surface area contributed by atoms with E-state index in [2.05, 4.69) is 10.1 Å². The van der Waals surface area contributed by atoms with Crippen LogP contribution in [0.1, 0.15) is 22.8 Å². The minimum atomic E-state index is -0.479. The van der Waals surface area contributed by atoms with Crippen molar-refractivity contribution >= 4 is 68.9 Å². The van der Waals surface area contributed by atoms with Gasteiger partial charge in [0.2, 0.25) is 5.91 Å². The first kappa shape index (κ1) is 22.7. The van der Waals surface area contributed by atoms with Crippen LogP contribution in [0.3, 0.4) is 0 Å². The van der Waals surface area contributed by atoms with Crippen molar-refractivity contribution in [2.75, 3.05) is 30.4 Å². The van der Waals surface area contributed by atoms with E-state index in [0.717, 1.165) is 11.8 Å². The van der Waals surface area contributed by atoms with Crippen molar-refractivity contribution in [3.05, 3.63) is 64.6 Å². The number of carbonyl (C=O) groups excluding carboxylic acids is 4. The predicted octanol–water partition coefficient (Wildman–Crippen LogP) is 3.05. The van der Waals surface area contributed by atoms with Crippen molar-refractivity contribution in [1.82, 2.24) is 4.90 Å². The molecule has 2 aliphatic heterocycles. The number of likely N-dealkylation sites (N-methyl/N-ethyl adjacent to an activating group) is 1. The maximum Gasteiger partial charge on any atom is 0.337 e. The van der Waals surface area contributed by atoms with Gasteiger partial charge >= 0.3 is 5.97 Å². The monoisotopic (exact) mass is 481 g/mol. The van der Waals surface area contributed by atoms with Crippen LogP contribution in [-0.4, -0.2) is 53.1 Å². The number of hydrogen-bond donors (Lipinski definition) is 1. The molecule has 168 valence electrons. The van der Waals surface area contributed by atoms with Gasteiger partial charge in [-0.05, 0) is 37.3 Å². The highest BCUT2D eigenvalue weighted by molar-refractivity contribution is 8.26. The van der Waals surface area contributed by atoms with Crippen LogP contribution in [0.5, 0.6) is 0 Å². The quantitative estimate of drug-likeness (QED) is 0.398. The van der Waals surface area contributed by atoms with Crippen LogP contribution in [0.4, 0.5) is 11.4 Å². The first-order valence-electron chi connectivity index (χ1n) is 10.0. The van der Waals surface area contributed by atoms with Gasteiger partial charge in [0, 0.05) is 17.8 Å². The number of methoxy groups -OCH3 is 1. The number of nitrogens with zero attached hydrogens (tertiary/aromatic N) is 2. The number of ether oxygens (including phenoxy) is 1. The second-order valence-corrected chi connectivity index (χ2v) is 8.79. The SMILES string of the molecule is CCN1C(=O)C(=C2C(=O)N(CC(=O)Nc3ccc(C(=O)OC)cc3)c3ccccc32)SC1=S. The van der Waals surface area contributed by atoms with Crippen molar-refractivity contribution in [2.24, 2.45) is 0 Å². The highest BCUT2D eigenvalue weighted by Gasteiger charge is 2.41. The molecule has 1 saturated heterocycles. The Balaban J connectivity index is 1.58. The van der Waals surface area contributed by atoms with E-state index in [1.807, 2.05) is 6.92 Å². The maximum atomic E-state index is 13.3. The lowest BCUT2D eigenvalue weighted by atomic mass is 10.1. The number of para-hydroxylation sites is 1. The van der Waals surface area contributed by atoms with E-state index < -0.39 is 17.8 Å². The van der Waals surface area contributed by atoms with Gasteiger partial charge in [-0.2, -0.15) is 0 Å². The summed E-state index contributed by atoms with van der Waals surface area (Å²) in [6.45, 7) is 1.99. The summed E-state index contributed by atoms with van der Waals surface area (Å²) in [7, 11) is 1.29. The summed E-state index contributed by atoms with van der Waals surface area (Å²) in [6.07, 6.45) is 0. The lowest BCUT2D eigenvalue weighted by molar-refractivity contribution is -0.122. The molecule has 8 nitrogen and oxygen atoms in total. The zero-order valence-corrected chi connectivity index (χ0v) is 19.4. The Hall–Kier alpha value is -3.50. The molecule has 0 aliphatic carbocycles. The van der Waals surface area contributed by atoms with Crippen LogP contribution in [-0.2, 0) is 19.1 Å². The smallest absolute Gasteiger partial charge is 0.337 e. The molecule has 0 atom stereocenters. The van der Waals surface area contributed by atoms with Gasteiger partial charge in [0.25, 0.3) is 11.8 Å². The Morgan fingerprint density at radius 2 is 1.73 bits per heavy atom. The summed E-state index contributed by atoms with van der Waals surface area (Å²) in [5.41, 5.74) is 2.23. The molecule has 0 spiro atoms. The van der Waals surface area contributed by atoms with Gasteiger partial charge in [-0.3, -0.25) is 24.2 Å². The second-order valence-electron chi connectivity index (χ2n) is 7.15. The topological polar surface area (TPSA) is 96.0 Å². The molecule has 2 aromatic carbocycles. The van der Waals surface area contributed by atoms with Gasteiger partial charge in [0.1, 0.15) is 10.9 Å². The first-order chi connectivity index (χ1) is 15.8. The minimum Gasteiger partial charge on any atom is -0.465 e. The van der Waals surface area contributed by atoms with E-state index in [1.54, 1.807) is 36.4 Å². The van der Waals surface area contributed by atoms with Crippen LogP contribution in [0.15, 0.2) is 53.4 Å². The second kappa shape index (κ2) is 9.16. The third kappa shape index (κ3) is 4.14. The van der Waals surface area contributed by atoms with E-state index in [0.29, 0.717) is 33.4 Å². The number of nitrogens with one attached hydrogen (secondary N) is 1. The largest absolute Gasteiger partial charge is 0.465 e. The highest BCUT2D eigenvalue weighted by Crippen LogP contribution is 2.44. The van der Waals surface area contributed by atoms with Crippen molar-refractivity contribution in [3.8, 4) is 0 Å². The number of esters is 1. The zero-order valence-electron chi connectivity index (χ0n) is 17.8. The number of thiocarbonyl (C=S) groups is 1. The Morgan fingerprint density at radius 1 is 1.03 bits per heavy atom. The van der Waals surface area contributed by atoms with Crippen LogP contribution in [0.25, 0.3) is 5.57 Å². The van der Waals surface area contributed by atoms with Crippen LogP contribution < -0.4 is 10.2 Å². The lowest BCUT2D eigenvalue weighted by Gasteiger charge is -2.17. The van der Waals surface area contributed by atoms with Crippen molar-refractivity contribution < 1.29 is 23.9 Å².